The zero-order chi connectivity index (χ0) is 19.0. The van der Waals surface area contributed by atoms with Crippen LogP contribution in [-0.4, -0.2) is 39.5 Å². The number of rotatable bonds is 3. The molecule has 0 saturated carbocycles. The molecule has 0 saturated heterocycles. The third kappa shape index (κ3) is 3.22. The number of phenols is 2. The number of benzene rings is 2. The van der Waals surface area contributed by atoms with Gasteiger partial charge in [0.25, 0.3) is 5.91 Å². The second-order valence-electron chi connectivity index (χ2n) is 5.78. The molecule has 1 amide bonds. The number of aromatic hydroxyl groups is 2. The molecule has 1 aliphatic rings. The van der Waals surface area contributed by atoms with Gasteiger partial charge in [-0.25, -0.2) is 0 Å². The minimum Gasteiger partial charge on any atom is -0.507 e. The van der Waals surface area contributed by atoms with E-state index >= 15 is 0 Å². The van der Waals surface area contributed by atoms with Crippen LogP contribution in [0.15, 0.2) is 36.5 Å². The first-order valence-corrected chi connectivity index (χ1v) is 8.37. The average molecular weight is 388 g/mol. The van der Waals surface area contributed by atoms with Crippen LogP contribution in [-0.2, 0) is 0 Å². The zero-order valence-electron chi connectivity index (χ0n) is 13.8. The van der Waals surface area contributed by atoms with Crippen molar-refractivity contribution < 1.29 is 24.5 Å². The van der Waals surface area contributed by atoms with Gasteiger partial charge in [-0.1, -0.05) is 11.6 Å². The summed E-state index contributed by atoms with van der Waals surface area (Å²) < 4.78 is 11.0. The normalized spacial score (nSPS) is 12.6. The molecule has 4 N–H and O–H groups in total. The van der Waals surface area contributed by atoms with Gasteiger partial charge in [0.05, 0.1) is 10.6 Å². The molecule has 0 fully saturated rings. The van der Waals surface area contributed by atoms with Crippen molar-refractivity contribution in [2.45, 2.75) is 0 Å². The van der Waals surface area contributed by atoms with Crippen molar-refractivity contribution in [3.05, 3.63) is 47.1 Å². The van der Waals surface area contributed by atoms with Crippen molar-refractivity contribution >= 4 is 23.2 Å². The topological polar surface area (TPSA) is 117 Å². The number of anilines is 1. The number of phenolic OH excluding ortho intramolecular Hbond substituents is 2. The largest absolute Gasteiger partial charge is 0.507 e. The number of carbonyl (C=O) groups excluding carboxylic acids is 1. The first-order chi connectivity index (χ1) is 13.0. The van der Waals surface area contributed by atoms with Gasteiger partial charge in [0, 0.05) is 29.6 Å². The third-order valence-electron chi connectivity index (χ3n) is 4.01. The Balaban J connectivity index is 1.63. The highest BCUT2D eigenvalue weighted by atomic mass is 35.5. The molecule has 3 aromatic rings. The Labute approximate surface area is 158 Å². The molecule has 8 nitrogen and oxygen atoms in total. The maximum Gasteiger partial charge on any atom is 0.259 e. The fourth-order valence-corrected chi connectivity index (χ4v) is 2.89. The molecule has 0 radical (unpaired) electrons. The Bertz CT molecular complexity index is 1030. The molecule has 1 aliphatic heterocycles. The van der Waals surface area contributed by atoms with Crippen molar-refractivity contribution in [2.24, 2.45) is 0 Å². The first kappa shape index (κ1) is 17.0. The van der Waals surface area contributed by atoms with E-state index < -0.39 is 5.91 Å². The maximum absolute atomic E-state index is 12.7. The molecule has 2 heterocycles. The molecule has 0 spiro atoms. The van der Waals surface area contributed by atoms with E-state index in [-0.39, 0.29) is 33.3 Å². The van der Waals surface area contributed by atoms with Crippen molar-refractivity contribution in [1.82, 2.24) is 10.2 Å². The molecule has 9 heteroatoms. The predicted octanol–water partition coefficient (Wildman–Crippen LogP) is 3.16. The molecule has 0 bridgehead atoms. The summed E-state index contributed by atoms with van der Waals surface area (Å²) in [4.78, 5) is 12.7. The molecule has 0 unspecified atom stereocenters. The molecular formula is C18H14ClN3O5. The van der Waals surface area contributed by atoms with Crippen LogP contribution in [0.1, 0.15) is 10.4 Å². The number of carbonyl (C=O) groups is 1. The van der Waals surface area contributed by atoms with Crippen LogP contribution in [0.25, 0.3) is 11.3 Å². The second kappa shape index (κ2) is 6.73. The molecule has 1 aromatic heterocycles. The molecule has 27 heavy (non-hydrogen) atoms. The fourth-order valence-electron chi connectivity index (χ4n) is 2.73. The number of aromatic amines is 1. The number of nitrogens with one attached hydrogen (secondary N) is 2. The molecule has 2 aromatic carbocycles. The number of nitrogens with zero attached hydrogens (tertiary/aromatic N) is 1. The molecule has 138 valence electrons. The number of hydrogen-bond donors (Lipinski definition) is 4. The monoisotopic (exact) mass is 387 g/mol. The standard InChI is InChI=1S/C18H14ClN3O5/c19-12-6-10(13(23)7-14(12)24)17-11(8-20-22-17)18(25)21-9-1-2-15-16(5-9)27-4-3-26-15/h1-2,5-8,23-24H,3-4H2,(H,20,22)(H,21,25). The van der Waals surface area contributed by atoms with Crippen LogP contribution in [0.5, 0.6) is 23.0 Å². The highest BCUT2D eigenvalue weighted by Gasteiger charge is 2.21. The van der Waals surface area contributed by atoms with Gasteiger partial charge in [-0.15, -0.1) is 0 Å². The van der Waals surface area contributed by atoms with E-state index in [9.17, 15) is 15.0 Å². The lowest BCUT2D eigenvalue weighted by Gasteiger charge is -2.19. The highest BCUT2D eigenvalue weighted by molar-refractivity contribution is 6.32. The van der Waals surface area contributed by atoms with Gasteiger partial charge in [0.1, 0.15) is 30.4 Å². The zero-order valence-corrected chi connectivity index (χ0v) is 14.6. The van der Waals surface area contributed by atoms with Crippen molar-refractivity contribution in [1.29, 1.82) is 0 Å². The number of H-pyrrole nitrogens is 1. The van der Waals surface area contributed by atoms with Gasteiger partial charge >= 0.3 is 0 Å². The van der Waals surface area contributed by atoms with Crippen molar-refractivity contribution in [3.8, 4) is 34.3 Å². The summed E-state index contributed by atoms with van der Waals surface area (Å²) in [5.74, 6) is 0.202. The van der Waals surface area contributed by atoms with Gasteiger partial charge in [-0.3, -0.25) is 9.89 Å². The molecule has 0 aliphatic carbocycles. The highest BCUT2D eigenvalue weighted by Crippen LogP contribution is 2.38. The first-order valence-electron chi connectivity index (χ1n) is 7.99. The lowest BCUT2D eigenvalue weighted by molar-refractivity contribution is 0.102. The number of aromatic nitrogens is 2. The van der Waals surface area contributed by atoms with Gasteiger partial charge < -0.3 is 25.0 Å². The number of amides is 1. The van der Waals surface area contributed by atoms with E-state index in [0.29, 0.717) is 30.4 Å². The van der Waals surface area contributed by atoms with Crippen LogP contribution < -0.4 is 14.8 Å². The summed E-state index contributed by atoms with van der Waals surface area (Å²) in [5, 5.41) is 29.1. The Morgan fingerprint density at radius 3 is 2.70 bits per heavy atom. The molecule has 4 rings (SSSR count). The number of ether oxygens (including phenoxy) is 2. The van der Waals surface area contributed by atoms with Gasteiger partial charge in [-0.2, -0.15) is 5.10 Å². The summed E-state index contributed by atoms with van der Waals surface area (Å²) >= 11 is 5.91. The minimum absolute atomic E-state index is 0.0315. The summed E-state index contributed by atoms with van der Waals surface area (Å²) in [6.07, 6.45) is 1.41. The van der Waals surface area contributed by atoms with Crippen LogP contribution in [0.4, 0.5) is 5.69 Å². The summed E-state index contributed by atoms with van der Waals surface area (Å²) in [6, 6.07) is 7.51. The maximum atomic E-state index is 12.7. The SMILES string of the molecule is O=C(Nc1ccc2c(c1)OCCO2)c1c[nH]nc1-c1cc(Cl)c(O)cc1O. The summed E-state index contributed by atoms with van der Waals surface area (Å²) in [7, 11) is 0. The summed E-state index contributed by atoms with van der Waals surface area (Å²) in [6.45, 7) is 0.924. The van der Waals surface area contributed by atoms with E-state index in [1.807, 2.05) is 0 Å². The number of fused-ring (bicyclic) bond motifs is 1. The lowest BCUT2D eigenvalue weighted by Crippen LogP contribution is -2.16. The van der Waals surface area contributed by atoms with E-state index in [4.69, 9.17) is 21.1 Å². The van der Waals surface area contributed by atoms with Gasteiger partial charge in [0.15, 0.2) is 11.5 Å². The third-order valence-corrected chi connectivity index (χ3v) is 4.31. The Kier molecular flexibility index (Phi) is 4.25. The van der Waals surface area contributed by atoms with E-state index in [1.165, 1.54) is 12.3 Å². The minimum atomic E-state index is -0.445. The predicted molar refractivity (Wildman–Crippen MR) is 97.7 cm³/mol. The number of halogens is 1. The van der Waals surface area contributed by atoms with Crippen molar-refractivity contribution in [3.63, 3.8) is 0 Å². The van der Waals surface area contributed by atoms with Gasteiger partial charge in [0.2, 0.25) is 0 Å². The van der Waals surface area contributed by atoms with Gasteiger partial charge in [-0.05, 0) is 18.2 Å². The Morgan fingerprint density at radius 2 is 1.89 bits per heavy atom. The molecule has 0 atom stereocenters. The average Bonchev–Trinajstić information content (AvgIpc) is 3.14. The van der Waals surface area contributed by atoms with Crippen molar-refractivity contribution in [2.75, 3.05) is 18.5 Å². The van der Waals surface area contributed by atoms with E-state index in [0.717, 1.165) is 6.07 Å². The van der Waals surface area contributed by atoms with Crippen LogP contribution in [0.3, 0.4) is 0 Å². The number of hydrogen-bond acceptors (Lipinski definition) is 6. The smallest absolute Gasteiger partial charge is 0.259 e. The Hall–Kier alpha value is -3.39. The molecular weight excluding hydrogens is 374 g/mol. The van der Waals surface area contributed by atoms with Crippen LogP contribution >= 0.6 is 11.6 Å². The Morgan fingerprint density at radius 1 is 1.11 bits per heavy atom. The van der Waals surface area contributed by atoms with Crippen LogP contribution in [0, 0.1) is 0 Å². The fraction of sp³-hybridized carbons (Fsp3) is 0.111. The lowest BCUT2D eigenvalue weighted by atomic mass is 10.1. The quantitative estimate of drug-likeness (QED) is 0.548. The van der Waals surface area contributed by atoms with E-state index in [1.54, 1.807) is 18.2 Å². The second-order valence-corrected chi connectivity index (χ2v) is 6.19. The van der Waals surface area contributed by atoms with E-state index in [2.05, 4.69) is 15.5 Å². The summed E-state index contributed by atoms with van der Waals surface area (Å²) in [5.41, 5.74) is 1.13. The van der Waals surface area contributed by atoms with Crippen LogP contribution in [0.2, 0.25) is 5.02 Å².